The van der Waals surface area contributed by atoms with Gasteiger partial charge in [-0.3, -0.25) is 6.58 Å². The van der Waals surface area contributed by atoms with Gasteiger partial charge in [0.2, 0.25) is 0 Å². The van der Waals surface area contributed by atoms with E-state index in [0.29, 0.717) is 0 Å². The van der Waals surface area contributed by atoms with Crippen molar-refractivity contribution >= 4 is 37.7 Å². The molecule has 20 valence electrons. The zero-order chi connectivity index (χ0) is 2.00. The van der Waals surface area contributed by atoms with E-state index in [0.717, 1.165) is 0 Å². The molecule has 0 fully saturated rings. The molecule has 0 aromatic carbocycles. The van der Waals surface area contributed by atoms with Gasteiger partial charge < -0.3 is 23.6 Å². The molecule has 0 aliphatic rings. The summed E-state index contributed by atoms with van der Waals surface area (Å²) >= 11 is 0. The number of hydrogen-bond acceptors (Lipinski definition) is 0. The van der Waals surface area contributed by atoms with Crippen molar-refractivity contribution in [1.82, 2.24) is 0 Å². The van der Waals surface area contributed by atoms with Gasteiger partial charge in [-0.05, 0) is 0 Å². The van der Waals surface area contributed by atoms with Crippen LogP contribution in [-0.2, 0) is 0 Å². The summed E-state index contributed by atoms with van der Waals surface area (Å²) in [6, 6.07) is 0. The van der Waals surface area contributed by atoms with E-state index in [4.69, 9.17) is 0 Å². The standard InChI is InChI=1S/C2H3.BrH.Ca/c1-2;;/h1H,2H2;1H;/q-1;;+2/p-1. The van der Waals surface area contributed by atoms with E-state index in [9.17, 15) is 0 Å². The maximum Gasteiger partial charge on any atom is 2.00 e. The predicted octanol–water partition coefficient (Wildman–Crippen LogP) is -2.77. The van der Waals surface area contributed by atoms with Crippen LogP contribution in [0.2, 0.25) is 0 Å². The second kappa shape index (κ2) is 24.8. The Morgan fingerprint density at radius 1 is 1.25 bits per heavy atom. The molecule has 0 N–H and O–H groups in total. The monoisotopic (exact) mass is 146 g/mol. The molecule has 0 amide bonds. The minimum absolute atomic E-state index is 0. The van der Waals surface area contributed by atoms with Crippen LogP contribution in [0.5, 0.6) is 0 Å². The zero-order valence-corrected chi connectivity index (χ0v) is 6.16. The first-order valence-electron chi connectivity index (χ1n) is 0.408. The Balaban J connectivity index is -0.00000000500. The molecule has 0 aromatic heterocycles. The third-order valence-corrected chi connectivity index (χ3v) is 0. The van der Waals surface area contributed by atoms with Crippen molar-refractivity contribution in [1.29, 1.82) is 0 Å². The summed E-state index contributed by atoms with van der Waals surface area (Å²) in [6.07, 6.45) is 0. The van der Waals surface area contributed by atoms with Gasteiger partial charge >= 0.3 is 37.7 Å². The topological polar surface area (TPSA) is 0 Å². The first kappa shape index (κ1) is 17.9. The average Bonchev–Trinajstić information content (AvgIpc) is 1.00. The average molecular weight is 147 g/mol. The van der Waals surface area contributed by atoms with Crippen molar-refractivity contribution in [2.75, 3.05) is 0 Å². The van der Waals surface area contributed by atoms with Gasteiger partial charge in [0.1, 0.15) is 0 Å². The van der Waals surface area contributed by atoms with Crippen LogP contribution in [0, 0.1) is 6.58 Å². The molecular weight excluding hydrogens is 144 g/mol. The van der Waals surface area contributed by atoms with E-state index in [1.807, 2.05) is 0 Å². The van der Waals surface area contributed by atoms with Crippen LogP contribution in [0.1, 0.15) is 0 Å². The van der Waals surface area contributed by atoms with E-state index in [1.165, 1.54) is 0 Å². The van der Waals surface area contributed by atoms with E-state index in [2.05, 4.69) is 13.2 Å². The summed E-state index contributed by atoms with van der Waals surface area (Å²) in [7, 11) is 0. The summed E-state index contributed by atoms with van der Waals surface area (Å²) in [5, 5.41) is 0. The molecule has 4 heavy (non-hydrogen) atoms. The quantitative estimate of drug-likeness (QED) is 0.257. The Bertz CT molecular complexity index is 6.00. The largest absolute Gasteiger partial charge is 2.00 e. The fourth-order valence-electron chi connectivity index (χ4n) is 0. The molecule has 0 bridgehead atoms. The summed E-state index contributed by atoms with van der Waals surface area (Å²) in [5.41, 5.74) is 0. The van der Waals surface area contributed by atoms with E-state index in [-0.39, 0.29) is 54.7 Å². The fourth-order valence-corrected chi connectivity index (χ4v) is 0. The van der Waals surface area contributed by atoms with E-state index < -0.39 is 0 Å². The van der Waals surface area contributed by atoms with Crippen molar-refractivity contribution in [3.05, 3.63) is 13.2 Å². The van der Waals surface area contributed by atoms with Crippen molar-refractivity contribution in [2.24, 2.45) is 0 Å². The van der Waals surface area contributed by atoms with Crippen molar-refractivity contribution in [3.8, 4) is 0 Å². The predicted molar refractivity (Wildman–Crippen MR) is 15.7 cm³/mol. The maximum atomic E-state index is 4.25. The van der Waals surface area contributed by atoms with Crippen LogP contribution in [0.4, 0.5) is 0 Å². The fraction of sp³-hybridized carbons (Fsp3) is 0. The second-order valence-electron chi connectivity index (χ2n) is 0. The first-order chi connectivity index (χ1) is 1.00. The van der Waals surface area contributed by atoms with Gasteiger partial charge in [-0.25, -0.2) is 0 Å². The Morgan fingerprint density at radius 3 is 1.25 bits per heavy atom. The van der Waals surface area contributed by atoms with Crippen LogP contribution in [0.25, 0.3) is 0 Å². The zero-order valence-electron chi connectivity index (χ0n) is 2.37. The van der Waals surface area contributed by atoms with Gasteiger partial charge in [-0.2, -0.15) is 0 Å². The molecule has 0 saturated heterocycles. The Kier molecular flexibility index (Phi) is 111. The third kappa shape index (κ3) is 9.77. The summed E-state index contributed by atoms with van der Waals surface area (Å²) in [5.74, 6) is 0. The molecule has 0 spiro atoms. The van der Waals surface area contributed by atoms with Gasteiger partial charge in [0.05, 0.1) is 0 Å². The van der Waals surface area contributed by atoms with Gasteiger partial charge in [-0.1, -0.05) is 0 Å². The van der Waals surface area contributed by atoms with Crippen LogP contribution < -0.4 is 17.0 Å². The second-order valence-corrected chi connectivity index (χ2v) is 0. The van der Waals surface area contributed by atoms with Gasteiger partial charge in [0, 0.05) is 0 Å². The smallest absolute Gasteiger partial charge is 1.00 e. The SMILES string of the molecule is [Br-].[CH-]=C.[Ca+2]. The number of halogens is 1. The normalized spacial score (nSPS) is 1.00. The summed E-state index contributed by atoms with van der Waals surface area (Å²) in [4.78, 5) is 0. The van der Waals surface area contributed by atoms with E-state index in [1.54, 1.807) is 0 Å². The molecule has 0 saturated carbocycles. The molecule has 0 nitrogen and oxygen atoms in total. The van der Waals surface area contributed by atoms with Crippen LogP contribution in [-0.4, -0.2) is 37.7 Å². The molecule has 0 radical (unpaired) electrons. The molecule has 0 atom stereocenters. The third-order valence-electron chi connectivity index (χ3n) is 0. The summed E-state index contributed by atoms with van der Waals surface area (Å²) in [6.45, 7) is 7.00. The van der Waals surface area contributed by atoms with Crippen LogP contribution in [0.3, 0.4) is 0 Å². The molecule has 2 heteroatoms. The molecule has 0 aromatic rings. The number of rotatable bonds is 0. The van der Waals surface area contributed by atoms with Gasteiger partial charge in [-0.15, -0.1) is 0 Å². The minimum Gasteiger partial charge on any atom is -1.00 e. The molecule has 0 aliphatic carbocycles. The maximum absolute atomic E-state index is 4.25. The molecule has 0 heterocycles. The van der Waals surface area contributed by atoms with Gasteiger partial charge in [0.15, 0.2) is 0 Å². The van der Waals surface area contributed by atoms with E-state index >= 15 is 0 Å². The number of hydrogen-bond donors (Lipinski definition) is 0. The summed E-state index contributed by atoms with van der Waals surface area (Å²) < 4.78 is 0. The van der Waals surface area contributed by atoms with Crippen molar-refractivity contribution in [2.45, 2.75) is 0 Å². The van der Waals surface area contributed by atoms with Crippen LogP contribution >= 0.6 is 0 Å². The van der Waals surface area contributed by atoms with Crippen LogP contribution in [0.15, 0.2) is 6.58 Å². The Hall–Kier alpha value is 1.48. The molecule has 0 rings (SSSR count). The molecular formula is C2H3BrCa. The van der Waals surface area contributed by atoms with Crippen molar-refractivity contribution in [3.63, 3.8) is 0 Å². The van der Waals surface area contributed by atoms with Gasteiger partial charge in [0.25, 0.3) is 0 Å². The Labute approximate surface area is 67.0 Å². The molecule has 0 aliphatic heterocycles. The Morgan fingerprint density at radius 2 is 1.25 bits per heavy atom. The molecule has 0 unspecified atom stereocenters. The minimum atomic E-state index is 0. The first-order valence-corrected chi connectivity index (χ1v) is 0.408. The van der Waals surface area contributed by atoms with Crippen molar-refractivity contribution < 1.29 is 17.0 Å².